The molecule has 0 aliphatic heterocycles. The molecule has 0 fully saturated rings. The molecule has 1 heterocycles. The SMILES string of the molecule is CCOC(=O)c1nccc(F)c1N. The van der Waals surface area contributed by atoms with Crippen LogP contribution in [0.5, 0.6) is 0 Å². The molecule has 0 unspecified atom stereocenters. The van der Waals surface area contributed by atoms with Crippen LogP contribution < -0.4 is 5.73 Å². The second-order valence-corrected chi connectivity index (χ2v) is 2.28. The summed E-state index contributed by atoms with van der Waals surface area (Å²) in [7, 11) is 0. The molecule has 0 aromatic carbocycles. The van der Waals surface area contributed by atoms with Crippen molar-refractivity contribution in [3.63, 3.8) is 0 Å². The molecule has 0 aliphatic carbocycles. The first-order valence-corrected chi connectivity index (χ1v) is 3.74. The molecule has 2 N–H and O–H groups in total. The molecule has 1 aromatic heterocycles. The Morgan fingerprint density at radius 1 is 1.77 bits per heavy atom. The average Bonchev–Trinajstić information content (AvgIpc) is 2.10. The summed E-state index contributed by atoms with van der Waals surface area (Å²) in [6.07, 6.45) is 1.16. The fourth-order valence-electron chi connectivity index (χ4n) is 0.812. The number of halogens is 1. The minimum Gasteiger partial charge on any atom is -0.461 e. The highest BCUT2D eigenvalue weighted by molar-refractivity contribution is 5.92. The van der Waals surface area contributed by atoms with Crippen LogP contribution in [0.15, 0.2) is 12.3 Å². The molecule has 0 aliphatic rings. The molecule has 70 valence electrons. The van der Waals surface area contributed by atoms with E-state index in [2.05, 4.69) is 9.72 Å². The van der Waals surface area contributed by atoms with E-state index in [-0.39, 0.29) is 18.0 Å². The van der Waals surface area contributed by atoms with Crippen molar-refractivity contribution in [2.24, 2.45) is 0 Å². The van der Waals surface area contributed by atoms with Crippen LogP contribution in [0, 0.1) is 5.82 Å². The maximum atomic E-state index is 12.8. The van der Waals surface area contributed by atoms with Crippen LogP contribution in [0.25, 0.3) is 0 Å². The zero-order valence-electron chi connectivity index (χ0n) is 7.08. The van der Waals surface area contributed by atoms with Gasteiger partial charge < -0.3 is 10.5 Å². The lowest BCUT2D eigenvalue weighted by Crippen LogP contribution is -2.11. The van der Waals surface area contributed by atoms with Crippen LogP contribution in [0.1, 0.15) is 17.4 Å². The number of aromatic nitrogens is 1. The molecule has 0 bridgehead atoms. The van der Waals surface area contributed by atoms with Gasteiger partial charge in [0.15, 0.2) is 5.69 Å². The monoisotopic (exact) mass is 184 g/mol. The Bertz CT molecular complexity index is 328. The van der Waals surface area contributed by atoms with Gasteiger partial charge in [0.25, 0.3) is 0 Å². The lowest BCUT2D eigenvalue weighted by molar-refractivity contribution is 0.0520. The zero-order valence-corrected chi connectivity index (χ0v) is 7.08. The lowest BCUT2D eigenvalue weighted by atomic mass is 10.3. The zero-order chi connectivity index (χ0) is 9.84. The number of anilines is 1. The summed E-state index contributed by atoms with van der Waals surface area (Å²) < 4.78 is 17.4. The van der Waals surface area contributed by atoms with Crippen molar-refractivity contribution in [1.29, 1.82) is 0 Å². The predicted molar refractivity (Wildman–Crippen MR) is 44.6 cm³/mol. The molecule has 0 radical (unpaired) electrons. The van der Waals surface area contributed by atoms with Gasteiger partial charge >= 0.3 is 5.97 Å². The smallest absolute Gasteiger partial charge is 0.359 e. The number of carbonyl (C=O) groups is 1. The number of ether oxygens (including phenoxy) is 1. The molecule has 4 nitrogen and oxygen atoms in total. The maximum Gasteiger partial charge on any atom is 0.359 e. The summed E-state index contributed by atoms with van der Waals surface area (Å²) in [4.78, 5) is 14.7. The van der Waals surface area contributed by atoms with Crippen LogP contribution in [0.4, 0.5) is 10.1 Å². The van der Waals surface area contributed by atoms with E-state index >= 15 is 0 Å². The van der Waals surface area contributed by atoms with Gasteiger partial charge in [-0.15, -0.1) is 0 Å². The Morgan fingerprint density at radius 3 is 3.08 bits per heavy atom. The van der Waals surface area contributed by atoms with Gasteiger partial charge in [0.05, 0.1) is 6.61 Å². The van der Waals surface area contributed by atoms with Crippen LogP contribution in [0.3, 0.4) is 0 Å². The first-order valence-electron chi connectivity index (χ1n) is 3.74. The fourth-order valence-corrected chi connectivity index (χ4v) is 0.812. The van der Waals surface area contributed by atoms with E-state index in [1.54, 1.807) is 6.92 Å². The Kier molecular flexibility index (Phi) is 2.79. The van der Waals surface area contributed by atoms with E-state index in [4.69, 9.17) is 5.73 Å². The van der Waals surface area contributed by atoms with Crippen molar-refractivity contribution in [3.8, 4) is 0 Å². The quantitative estimate of drug-likeness (QED) is 0.696. The van der Waals surface area contributed by atoms with Crippen LogP contribution in [-0.4, -0.2) is 17.6 Å². The Hall–Kier alpha value is -1.65. The summed E-state index contributed by atoms with van der Waals surface area (Å²) >= 11 is 0. The standard InChI is InChI=1S/C8H9FN2O2/c1-2-13-8(12)7-6(10)5(9)3-4-11-7/h3-4H,2,10H2,1H3. The molecule has 0 saturated heterocycles. The number of pyridine rings is 1. The molecule has 13 heavy (non-hydrogen) atoms. The number of nitrogens with two attached hydrogens (primary N) is 1. The molecular formula is C8H9FN2O2. The van der Waals surface area contributed by atoms with Gasteiger partial charge in [-0.1, -0.05) is 0 Å². The van der Waals surface area contributed by atoms with E-state index < -0.39 is 11.8 Å². The van der Waals surface area contributed by atoms with Gasteiger partial charge in [-0.25, -0.2) is 14.2 Å². The maximum absolute atomic E-state index is 12.8. The minimum absolute atomic E-state index is 0.179. The van der Waals surface area contributed by atoms with Crippen LogP contribution in [-0.2, 0) is 4.74 Å². The summed E-state index contributed by atoms with van der Waals surface area (Å²) in [6.45, 7) is 1.85. The van der Waals surface area contributed by atoms with Gasteiger partial charge in [-0.05, 0) is 13.0 Å². The predicted octanol–water partition coefficient (Wildman–Crippen LogP) is 0.980. The molecule has 0 spiro atoms. The highest BCUT2D eigenvalue weighted by Crippen LogP contribution is 2.13. The molecule has 5 heteroatoms. The molecule has 0 amide bonds. The average molecular weight is 184 g/mol. The second kappa shape index (κ2) is 3.84. The van der Waals surface area contributed by atoms with Gasteiger partial charge in [-0.3, -0.25) is 0 Å². The second-order valence-electron chi connectivity index (χ2n) is 2.28. The highest BCUT2D eigenvalue weighted by Gasteiger charge is 2.14. The summed E-state index contributed by atoms with van der Waals surface area (Å²) in [5, 5.41) is 0. The first-order chi connectivity index (χ1) is 6.16. The first kappa shape index (κ1) is 9.44. The van der Waals surface area contributed by atoms with E-state index in [0.717, 1.165) is 12.3 Å². The third kappa shape index (κ3) is 1.93. The fraction of sp³-hybridized carbons (Fsp3) is 0.250. The van der Waals surface area contributed by atoms with E-state index in [9.17, 15) is 9.18 Å². The number of carbonyl (C=O) groups excluding carboxylic acids is 1. The van der Waals surface area contributed by atoms with E-state index in [0.29, 0.717) is 0 Å². The van der Waals surface area contributed by atoms with Gasteiger partial charge in [0, 0.05) is 6.20 Å². The number of hydrogen-bond acceptors (Lipinski definition) is 4. The van der Waals surface area contributed by atoms with Gasteiger partial charge in [0.2, 0.25) is 0 Å². The van der Waals surface area contributed by atoms with Crippen molar-refractivity contribution >= 4 is 11.7 Å². The molecule has 1 aromatic rings. The number of esters is 1. The van der Waals surface area contributed by atoms with Crippen LogP contribution in [0.2, 0.25) is 0 Å². The van der Waals surface area contributed by atoms with E-state index in [1.807, 2.05) is 0 Å². The van der Waals surface area contributed by atoms with Crippen molar-refractivity contribution in [2.45, 2.75) is 6.92 Å². The van der Waals surface area contributed by atoms with Crippen molar-refractivity contribution in [1.82, 2.24) is 4.98 Å². The van der Waals surface area contributed by atoms with E-state index in [1.165, 1.54) is 0 Å². The third-order valence-electron chi connectivity index (χ3n) is 1.41. The Balaban J connectivity index is 3.01. The van der Waals surface area contributed by atoms with Crippen LogP contribution >= 0.6 is 0 Å². The summed E-state index contributed by atoms with van der Waals surface area (Å²) in [5.74, 6) is -1.38. The van der Waals surface area contributed by atoms with Crippen molar-refractivity contribution < 1.29 is 13.9 Å². The largest absolute Gasteiger partial charge is 0.461 e. The normalized spacial score (nSPS) is 9.69. The molecule has 0 atom stereocenters. The molecule has 0 saturated carbocycles. The number of rotatable bonds is 2. The van der Waals surface area contributed by atoms with Gasteiger partial charge in [0.1, 0.15) is 11.5 Å². The molecular weight excluding hydrogens is 175 g/mol. The Labute approximate surface area is 74.5 Å². The Morgan fingerprint density at radius 2 is 2.46 bits per heavy atom. The third-order valence-corrected chi connectivity index (χ3v) is 1.41. The number of nitrogens with zero attached hydrogens (tertiary/aromatic N) is 1. The topological polar surface area (TPSA) is 65.2 Å². The van der Waals surface area contributed by atoms with Gasteiger partial charge in [-0.2, -0.15) is 0 Å². The number of hydrogen-bond donors (Lipinski definition) is 1. The number of nitrogen functional groups attached to an aromatic ring is 1. The lowest BCUT2D eigenvalue weighted by Gasteiger charge is -2.03. The molecule has 1 rings (SSSR count). The summed E-state index contributed by atoms with van der Waals surface area (Å²) in [6, 6.07) is 1.08. The highest BCUT2D eigenvalue weighted by atomic mass is 19.1. The summed E-state index contributed by atoms with van der Waals surface area (Å²) in [5.41, 5.74) is 4.82. The van der Waals surface area contributed by atoms with Crippen molar-refractivity contribution in [2.75, 3.05) is 12.3 Å². The minimum atomic E-state index is -0.709. The van der Waals surface area contributed by atoms with Crippen molar-refractivity contribution in [3.05, 3.63) is 23.8 Å².